The smallest absolute Gasteiger partial charge is 0.344 e. The van der Waals surface area contributed by atoms with Crippen LogP contribution in [0.5, 0.6) is 0 Å². The standard InChI is InChI=1S/C14H19N3O3/c1-8-4-9(5-8)13-6-11(15-20-13)12-3-2-10-7-16(12)14(18)17(10)19/h6,8-10,12,19H,2-5,7H2,1H3/t8-,9+,10-,12+/m1/s1. The predicted octanol–water partition coefficient (Wildman–Crippen LogP) is 2.52. The normalized spacial score (nSPS) is 36.4. The van der Waals surface area contributed by atoms with Crippen molar-refractivity contribution in [1.29, 1.82) is 0 Å². The quantitative estimate of drug-likeness (QED) is 0.843. The SMILES string of the molecule is C[C@H]1C[C@@H](c2cc([C@@H]3CC[C@@H]4CN3C(=O)N4O)no2)C1. The Kier molecular flexibility index (Phi) is 2.57. The lowest BCUT2D eigenvalue weighted by molar-refractivity contribution is -0.0584. The van der Waals surface area contributed by atoms with Crippen LogP contribution in [0.4, 0.5) is 4.79 Å². The molecule has 1 aromatic rings. The molecule has 0 radical (unpaired) electrons. The number of piperidine rings is 1. The maximum absolute atomic E-state index is 12.0. The zero-order valence-corrected chi connectivity index (χ0v) is 11.5. The van der Waals surface area contributed by atoms with Gasteiger partial charge in [0.1, 0.15) is 11.5 Å². The Balaban J connectivity index is 1.54. The molecule has 20 heavy (non-hydrogen) atoms. The molecule has 4 rings (SSSR count). The number of nitrogens with zero attached hydrogens (tertiary/aromatic N) is 3. The van der Waals surface area contributed by atoms with Crippen LogP contribution in [0.25, 0.3) is 0 Å². The summed E-state index contributed by atoms with van der Waals surface area (Å²) in [5.74, 6) is 2.21. The molecule has 108 valence electrons. The number of hydrogen-bond acceptors (Lipinski definition) is 4. The second-order valence-corrected chi connectivity index (χ2v) is 6.45. The first-order valence-corrected chi connectivity index (χ1v) is 7.38. The van der Waals surface area contributed by atoms with E-state index in [2.05, 4.69) is 12.1 Å². The Bertz CT molecular complexity index is 538. The summed E-state index contributed by atoms with van der Waals surface area (Å²) in [4.78, 5) is 13.7. The van der Waals surface area contributed by atoms with Crippen molar-refractivity contribution in [3.63, 3.8) is 0 Å². The van der Waals surface area contributed by atoms with Crippen molar-refractivity contribution in [2.75, 3.05) is 6.54 Å². The van der Waals surface area contributed by atoms with Gasteiger partial charge in [-0.15, -0.1) is 0 Å². The van der Waals surface area contributed by atoms with E-state index in [-0.39, 0.29) is 18.1 Å². The van der Waals surface area contributed by atoms with Crippen LogP contribution in [0, 0.1) is 5.92 Å². The molecular formula is C14H19N3O3. The lowest BCUT2D eigenvalue weighted by atomic mass is 9.75. The van der Waals surface area contributed by atoms with E-state index in [0.29, 0.717) is 12.5 Å². The lowest BCUT2D eigenvalue weighted by Crippen LogP contribution is -2.34. The van der Waals surface area contributed by atoms with Crippen molar-refractivity contribution in [3.05, 3.63) is 17.5 Å². The molecular weight excluding hydrogens is 258 g/mol. The van der Waals surface area contributed by atoms with Gasteiger partial charge in [0, 0.05) is 18.5 Å². The third-order valence-corrected chi connectivity index (χ3v) is 5.01. The number of rotatable bonds is 2. The highest BCUT2D eigenvalue weighted by Gasteiger charge is 2.46. The number of hydrogen-bond donors (Lipinski definition) is 1. The topological polar surface area (TPSA) is 69.8 Å². The van der Waals surface area contributed by atoms with Gasteiger partial charge in [0.25, 0.3) is 0 Å². The van der Waals surface area contributed by atoms with Gasteiger partial charge in [-0.3, -0.25) is 5.21 Å². The number of carbonyl (C=O) groups excluding carboxylic acids is 1. The molecule has 3 heterocycles. The number of amides is 2. The fourth-order valence-corrected chi connectivity index (χ4v) is 3.75. The largest absolute Gasteiger partial charge is 0.361 e. The average molecular weight is 277 g/mol. The molecule has 0 spiro atoms. The van der Waals surface area contributed by atoms with Gasteiger partial charge in [-0.2, -0.15) is 0 Å². The Hall–Kier alpha value is -1.56. The monoisotopic (exact) mass is 277 g/mol. The number of hydroxylamine groups is 2. The van der Waals surface area contributed by atoms with Crippen LogP contribution in [0.1, 0.15) is 56.0 Å². The number of fused-ring (bicyclic) bond motifs is 2. The first kappa shape index (κ1) is 12.2. The van der Waals surface area contributed by atoms with E-state index >= 15 is 0 Å². The minimum atomic E-state index is -0.306. The van der Waals surface area contributed by atoms with Gasteiger partial charge in [0.2, 0.25) is 0 Å². The minimum Gasteiger partial charge on any atom is -0.361 e. The van der Waals surface area contributed by atoms with E-state index in [1.54, 1.807) is 4.90 Å². The van der Waals surface area contributed by atoms with Crippen molar-refractivity contribution in [2.45, 2.75) is 50.6 Å². The fraction of sp³-hybridized carbons (Fsp3) is 0.714. The number of aromatic nitrogens is 1. The molecule has 1 aliphatic carbocycles. The molecule has 1 aromatic heterocycles. The van der Waals surface area contributed by atoms with Gasteiger partial charge in [0.05, 0.1) is 12.1 Å². The van der Waals surface area contributed by atoms with E-state index in [1.807, 2.05) is 6.07 Å². The zero-order valence-electron chi connectivity index (χ0n) is 11.5. The molecule has 2 amide bonds. The van der Waals surface area contributed by atoms with E-state index in [0.717, 1.165) is 48.1 Å². The molecule has 2 saturated heterocycles. The third-order valence-electron chi connectivity index (χ3n) is 5.01. The van der Waals surface area contributed by atoms with Gasteiger partial charge in [-0.1, -0.05) is 12.1 Å². The van der Waals surface area contributed by atoms with Crippen molar-refractivity contribution >= 4 is 6.03 Å². The van der Waals surface area contributed by atoms with Gasteiger partial charge < -0.3 is 9.42 Å². The summed E-state index contributed by atoms with van der Waals surface area (Å²) < 4.78 is 5.47. The Morgan fingerprint density at radius 1 is 1.40 bits per heavy atom. The summed E-state index contributed by atoms with van der Waals surface area (Å²) in [5.41, 5.74) is 0.835. The van der Waals surface area contributed by atoms with Gasteiger partial charge in [-0.25, -0.2) is 9.86 Å². The van der Waals surface area contributed by atoms with Crippen LogP contribution in [0.15, 0.2) is 10.6 Å². The van der Waals surface area contributed by atoms with Gasteiger partial charge >= 0.3 is 6.03 Å². The first-order valence-electron chi connectivity index (χ1n) is 7.38. The molecule has 2 atom stereocenters. The molecule has 1 N–H and O–H groups in total. The predicted molar refractivity (Wildman–Crippen MR) is 69.1 cm³/mol. The molecule has 2 aliphatic heterocycles. The summed E-state index contributed by atoms with van der Waals surface area (Å²) in [7, 11) is 0. The molecule has 1 saturated carbocycles. The van der Waals surface area contributed by atoms with Gasteiger partial charge in [-0.05, 0) is 31.6 Å². The summed E-state index contributed by atoms with van der Waals surface area (Å²) >= 11 is 0. The van der Waals surface area contributed by atoms with Crippen molar-refractivity contribution in [2.24, 2.45) is 5.92 Å². The van der Waals surface area contributed by atoms with Crippen molar-refractivity contribution in [3.8, 4) is 0 Å². The molecule has 3 aliphatic rings. The van der Waals surface area contributed by atoms with E-state index in [9.17, 15) is 10.0 Å². The molecule has 0 aromatic carbocycles. The summed E-state index contributed by atoms with van der Waals surface area (Å²) in [5, 5.41) is 14.7. The molecule has 2 bridgehead atoms. The third kappa shape index (κ3) is 1.67. The molecule has 3 fully saturated rings. The fourth-order valence-electron chi connectivity index (χ4n) is 3.75. The molecule has 6 nitrogen and oxygen atoms in total. The summed E-state index contributed by atoms with van der Waals surface area (Å²) in [6.45, 7) is 2.83. The maximum atomic E-state index is 12.0. The van der Waals surface area contributed by atoms with E-state index in [4.69, 9.17) is 4.52 Å². The highest BCUT2D eigenvalue weighted by atomic mass is 16.5. The highest BCUT2D eigenvalue weighted by Crippen LogP contribution is 2.43. The lowest BCUT2D eigenvalue weighted by Gasteiger charge is -2.30. The summed E-state index contributed by atoms with van der Waals surface area (Å²) in [6.07, 6.45) is 3.97. The maximum Gasteiger partial charge on any atom is 0.344 e. The highest BCUT2D eigenvalue weighted by molar-refractivity contribution is 5.76. The Morgan fingerprint density at radius 2 is 2.20 bits per heavy atom. The second kappa shape index (κ2) is 4.22. The summed E-state index contributed by atoms with van der Waals surface area (Å²) in [6, 6.07) is 1.59. The van der Waals surface area contributed by atoms with Crippen LogP contribution < -0.4 is 0 Å². The van der Waals surface area contributed by atoms with E-state index < -0.39 is 0 Å². The van der Waals surface area contributed by atoms with E-state index in [1.165, 1.54) is 0 Å². The van der Waals surface area contributed by atoms with Crippen LogP contribution in [0.3, 0.4) is 0 Å². The Morgan fingerprint density at radius 3 is 2.95 bits per heavy atom. The van der Waals surface area contributed by atoms with Crippen LogP contribution >= 0.6 is 0 Å². The zero-order chi connectivity index (χ0) is 13.9. The van der Waals surface area contributed by atoms with Gasteiger partial charge in [0.15, 0.2) is 0 Å². The first-order chi connectivity index (χ1) is 9.63. The number of carbonyl (C=O) groups is 1. The molecule has 0 unspecified atom stereocenters. The van der Waals surface area contributed by atoms with Crippen molar-refractivity contribution in [1.82, 2.24) is 15.1 Å². The van der Waals surface area contributed by atoms with Crippen LogP contribution in [0.2, 0.25) is 0 Å². The minimum absolute atomic E-state index is 0.0501. The number of urea groups is 1. The molecule has 6 heteroatoms. The average Bonchev–Trinajstić information content (AvgIpc) is 2.97. The Labute approximate surface area is 117 Å². The second-order valence-electron chi connectivity index (χ2n) is 6.45. The van der Waals surface area contributed by atoms with Crippen LogP contribution in [-0.2, 0) is 0 Å². The van der Waals surface area contributed by atoms with Crippen LogP contribution in [-0.4, -0.2) is 38.9 Å². The van der Waals surface area contributed by atoms with Crippen molar-refractivity contribution < 1.29 is 14.5 Å².